The molecule has 2 bridgehead atoms. The molecule has 0 aromatic carbocycles. The number of methoxy groups -OCH3 is 1. The lowest BCUT2D eigenvalue weighted by Crippen LogP contribution is -2.63. The molecule has 1 heterocycles. The van der Waals surface area contributed by atoms with Crippen molar-refractivity contribution < 1.29 is 17.9 Å². The molecule has 0 aromatic heterocycles. The molecule has 114 valence electrons. The first-order chi connectivity index (χ1) is 9.50. The summed E-state index contributed by atoms with van der Waals surface area (Å²) in [6.07, 6.45) is 4.19. The third kappa shape index (κ3) is 2.46. The van der Waals surface area contributed by atoms with Gasteiger partial charge in [0.2, 0.25) is 15.9 Å². The van der Waals surface area contributed by atoms with E-state index < -0.39 is 10.0 Å². The SMILES string of the molecule is COCC(=O)NC1CN(S(=O)(=O)C2C[C@@H]3CC[C@H]2C3)C1. The molecule has 20 heavy (non-hydrogen) atoms. The van der Waals surface area contributed by atoms with E-state index in [1.165, 1.54) is 17.8 Å². The highest BCUT2D eigenvalue weighted by Crippen LogP contribution is 2.48. The van der Waals surface area contributed by atoms with Crippen LogP contribution >= 0.6 is 0 Å². The summed E-state index contributed by atoms with van der Waals surface area (Å²) in [6, 6.07) is -0.0639. The predicted octanol–water partition coefficient (Wildman–Crippen LogP) is -0.0484. The van der Waals surface area contributed by atoms with Crippen LogP contribution in [0.2, 0.25) is 0 Å². The molecule has 3 aliphatic rings. The highest BCUT2D eigenvalue weighted by atomic mass is 32.2. The van der Waals surface area contributed by atoms with Crippen molar-refractivity contribution >= 4 is 15.9 Å². The number of fused-ring (bicyclic) bond motifs is 2. The topological polar surface area (TPSA) is 75.7 Å². The molecule has 2 saturated carbocycles. The van der Waals surface area contributed by atoms with Crippen molar-refractivity contribution in [1.29, 1.82) is 0 Å². The fraction of sp³-hybridized carbons (Fsp3) is 0.923. The Balaban J connectivity index is 1.53. The third-order valence-electron chi connectivity index (χ3n) is 4.90. The average Bonchev–Trinajstić information content (AvgIpc) is 2.95. The lowest BCUT2D eigenvalue weighted by Gasteiger charge is -2.41. The van der Waals surface area contributed by atoms with E-state index in [-0.39, 0.29) is 23.8 Å². The van der Waals surface area contributed by atoms with Gasteiger partial charge in [-0.3, -0.25) is 4.79 Å². The van der Waals surface area contributed by atoms with Crippen molar-refractivity contribution in [3.05, 3.63) is 0 Å². The number of nitrogens with zero attached hydrogens (tertiary/aromatic N) is 1. The molecule has 0 radical (unpaired) electrons. The Hall–Kier alpha value is -0.660. The smallest absolute Gasteiger partial charge is 0.246 e. The van der Waals surface area contributed by atoms with Gasteiger partial charge in [0, 0.05) is 20.2 Å². The van der Waals surface area contributed by atoms with Crippen LogP contribution in [0.25, 0.3) is 0 Å². The van der Waals surface area contributed by atoms with Gasteiger partial charge in [-0.05, 0) is 31.1 Å². The molecule has 1 aliphatic heterocycles. The Morgan fingerprint density at radius 2 is 2.05 bits per heavy atom. The van der Waals surface area contributed by atoms with Crippen molar-refractivity contribution in [1.82, 2.24) is 9.62 Å². The van der Waals surface area contributed by atoms with Crippen LogP contribution in [0.1, 0.15) is 25.7 Å². The molecule has 0 spiro atoms. The summed E-state index contributed by atoms with van der Waals surface area (Å²) in [5, 5.41) is 2.60. The molecule has 2 aliphatic carbocycles. The summed E-state index contributed by atoms with van der Waals surface area (Å²) >= 11 is 0. The lowest BCUT2D eigenvalue weighted by atomic mass is 10.0. The molecule has 3 atom stereocenters. The van der Waals surface area contributed by atoms with Crippen LogP contribution in [-0.4, -0.2) is 56.7 Å². The van der Waals surface area contributed by atoms with Gasteiger partial charge in [0.05, 0.1) is 11.3 Å². The summed E-state index contributed by atoms with van der Waals surface area (Å²) in [6.45, 7) is 0.840. The fourth-order valence-corrected chi connectivity index (χ4v) is 6.29. The monoisotopic (exact) mass is 302 g/mol. The van der Waals surface area contributed by atoms with Gasteiger partial charge < -0.3 is 10.1 Å². The minimum Gasteiger partial charge on any atom is -0.375 e. The second kappa shape index (κ2) is 5.27. The van der Waals surface area contributed by atoms with Crippen LogP contribution in [0.3, 0.4) is 0 Å². The van der Waals surface area contributed by atoms with Crippen molar-refractivity contribution in [2.45, 2.75) is 37.0 Å². The summed E-state index contributed by atoms with van der Waals surface area (Å²) in [4.78, 5) is 11.4. The Kier molecular flexibility index (Phi) is 3.77. The number of carbonyl (C=O) groups is 1. The van der Waals surface area contributed by atoms with E-state index in [4.69, 9.17) is 4.74 Å². The quantitative estimate of drug-likeness (QED) is 0.773. The number of hydrogen-bond donors (Lipinski definition) is 1. The van der Waals surface area contributed by atoms with Gasteiger partial charge in [0.15, 0.2) is 0 Å². The third-order valence-corrected chi connectivity index (χ3v) is 7.26. The molecule has 6 nitrogen and oxygen atoms in total. The van der Waals surface area contributed by atoms with Gasteiger partial charge in [-0.2, -0.15) is 4.31 Å². The minimum absolute atomic E-state index is 0.0234. The molecule has 1 amide bonds. The van der Waals surface area contributed by atoms with Crippen LogP contribution in [0.15, 0.2) is 0 Å². The van der Waals surface area contributed by atoms with Crippen LogP contribution < -0.4 is 5.32 Å². The normalized spacial score (nSPS) is 34.1. The first-order valence-corrected chi connectivity index (χ1v) is 8.78. The van der Waals surface area contributed by atoms with Crippen LogP contribution in [0, 0.1) is 11.8 Å². The average molecular weight is 302 g/mol. The van der Waals surface area contributed by atoms with E-state index >= 15 is 0 Å². The largest absolute Gasteiger partial charge is 0.375 e. The highest BCUT2D eigenvalue weighted by molar-refractivity contribution is 7.89. The zero-order valence-corrected chi connectivity index (χ0v) is 12.6. The van der Waals surface area contributed by atoms with Crippen LogP contribution in [0.5, 0.6) is 0 Å². The molecule has 1 N–H and O–H groups in total. The summed E-state index contributed by atoms with van der Waals surface area (Å²) in [7, 11) is -1.70. The molecular formula is C13H22N2O4S. The van der Waals surface area contributed by atoms with Crippen LogP contribution in [-0.2, 0) is 19.6 Å². The molecule has 0 aromatic rings. The van der Waals surface area contributed by atoms with Crippen molar-refractivity contribution in [3.63, 3.8) is 0 Å². The van der Waals surface area contributed by atoms with E-state index in [0.717, 1.165) is 19.3 Å². The maximum absolute atomic E-state index is 12.6. The summed E-state index contributed by atoms with van der Waals surface area (Å²) in [5.41, 5.74) is 0. The number of ether oxygens (including phenoxy) is 1. The Bertz CT molecular complexity index is 487. The van der Waals surface area contributed by atoms with Crippen molar-refractivity contribution in [2.24, 2.45) is 11.8 Å². The Morgan fingerprint density at radius 3 is 2.60 bits per heavy atom. The minimum atomic E-state index is -3.16. The van der Waals surface area contributed by atoms with Crippen molar-refractivity contribution in [2.75, 3.05) is 26.8 Å². The summed E-state index contributed by atoms with van der Waals surface area (Å²) < 4.78 is 31.4. The molecular weight excluding hydrogens is 280 g/mol. The van der Waals surface area contributed by atoms with E-state index in [1.54, 1.807) is 0 Å². The van der Waals surface area contributed by atoms with Gasteiger partial charge in [-0.1, -0.05) is 6.42 Å². The van der Waals surface area contributed by atoms with Gasteiger partial charge in [0.25, 0.3) is 0 Å². The first-order valence-electron chi connectivity index (χ1n) is 7.28. The van der Waals surface area contributed by atoms with Gasteiger partial charge in [0.1, 0.15) is 6.61 Å². The molecule has 1 unspecified atom stereocenters. The maximum Gasteiger partial charge on any atom is 0.246 e. The van der Waals surface area contributed by atoms with E-state index in [1.807, 2.05) is 0 Å². The molecule has 7 heteroatoms. The van der Waals surface area contributed by atoms with E-state index in [0.29, 0.717) is 24.9 Å². The Labute approximate surface area is 119 Å². The highest BCUT2D eigenvalue weighted by Gasteiger charge is 2.50. The zero-order chi connectivity index (χ0) is 14.3. The summed E-state index contributed by atoms with van der Waals surface area (Å²) in [5.74, 6) is 0.805. The fourth-order valence-electron chi connectivity index (χ4n) is 3.88. The number of sulfonamides is 1. The van der Waals surface area contributed by atoms with Gasteiger partial charge in [-0.25, -0.2) is 8.42 Å². The number of amides is 1. The van der Waals surface area contributed by atoms with Gasteiger partial charge >= 0.3 is 0 Å². The molecule has 3 fully saturated rings. The lowest BCUT2D eigenvalue weighted by molar-refractivity contribution is -0.126. The van der Waals surface area contributed by atoms with E-state index in [9.17, 15) is 13.2 Å². The molecule has 3 rings (SSSR count). The predicted molar refractivity (Wildman–Crippen MR) is 73.5 cm³/mol. The first kappa shape index (κ1) is 14.3. The van der Waals surface area contributed by atoms with Crippen LogP contribution in [0.4, 0.5) is 0 Å². The van der Waals surface area contributed by atoms with Gasteiger partial charge in [-0.15, -0.1) is 0 Å². The van der Waals surface area contributed by atoms with Crippen molar-refractivity contribution in [3.8, 4) is 0 Å². The second-order valence-corrected chi connectivity index (χ2v) is 8.42. The molecule has 1 saturated heterocycles. The number of hydrogen-bond acceptors (Lipinski definition) is 4. The number of nitrogens with one attached hydrogen (secondary N) is 1. The number of carbonyl (C=O) groups excluding carboxylic acids is 1. The Morgan fingerprint density at radius 1 is 1.30 bits per heavy atom. The second-order valence-electron chi connectivity index (χ2n) is 6.27. The van der Waals surface area contributed by atoms with E-state index in [2.05, 4.69) is 5.32 Å². The maximum atomic E-state index is 12.6. The standard InChI is InChI=1S/C13H22N2O4S/c1-19-8-13(16)14-11-6-15(7-11)20(17,18)12-5-9-2-3-10(12)4-9/h9-12H,2-8H2,1H3,(H,14,16)/t9-,10+,12?/m1/s1. The zero-order valence-electron chi connectivity index (χ0n) is 11.7. The number of rotatable bonds is 5.